The molecule has 3 rings (SSSR count). The zero-order valence-electron chi connectivity index (χ0n) is 10.2. The van der Waals surface area contributed by atoms with E-state index in [0.29, 0.717) is 23.4 Å². The Morgan fingerprint density at radius 1 is 1.11 bits per heavy atom. The Balaban J connectivity index is 2.00. The largest absolute Gasteiger partial charge is 0.366 e. The number of carbonyl (C=O) groups excluding carboxylic acids is 2. The van der Waals surface area contributed by atoms with Crippen LogP contribution in [0.1, 0.15) is 26.3 Å². The highest BCUT2D eigenvalue weighted by atomic mass is 16.2. The summed E-state index contributed by atoms with van der Waals surface area (Å²) in [5.74, 6) is -0.539. The van der Waals surface area contributed by atoms with Crippen molar-refractivity contribution in [1.82, 2.24) is 0 Å². The van der Waals surface area contributed by atoms with Crippen LogP contribution >= 0.6 is 0 Å². The van der Waals surface area contributed by atoms with E-state index in [1.54, 1.807) is 29.2 Å². The summed E-state index contributed by atoms with van der Waals surface area (Å²) in [6, 6.07) is 14.3. The fraction of sp³-hybridized carbons (Fsp3) is 0.0667. The van der Waals surface area contributed by atoms with Crippen LogP contribution in [0.3, 0.4) is 0 Å². The van der Waals surface area contributed by atoms with E-state index in [1.807, 2.05) is 24.3 Å². The van der Waals surface area contributed by atoms with E-state index in [4.69, 9.17) is 5.73 Å². The van der Waals surface area contributed by atoms with E-state index < -0.39 is 5.91 Å². The van der Waals surface area contributed by atoms with Gasteiger partial charge in [-0.1, -0.05) is 24.3 Å². The summed E-state index contributed by atoms with van der Waals surface area (Å²) in [5.41, 5.74) is 8.07. The van der Waals surface area contributed by atoms with Crippen LogP contribution in [0, 0.1) is 0 Å². The Labute approximate surface area is 110 Å². The topological polar surface area (TPSA) is 63.4 Å². The SMILES string of the molecule is NC(=O)c1cccc(N2Cc3ccccc3C2=O)c1. The van der Waals surface area contributed by atoms with Crippen LogP contribution in [-0.2, 0) is 6.54 Å². The van der Waals surface area contributed by atoms with Gasteiger partial charge in [-0.3, -0.25) is 9.59 Å². The zero-order chi connectivity index (χ0) is 13.4. The number of hydrogen-bond acceptors (Lipinski definition) is 2. The van der Waals surface area contributed by atoms with Gasteiger partial charge in [-0.15, -0.1) is 0 Å². The highest BCUT2D eigenvalue weighted by Gasteiger charge is 2.28. The predicted molar refractivity (Wildman–Crippen MR) is 71.9 cm³/mol. The predicted octanol–water partition coefficient (Wildman–Crippen LogP) is 1.95. The number of carbonyl (C=O) groups is 2. The first-order valence-corrected chi connectivity index (χ1v) is 5.96. The second kappa shape index (κ2) is 4.24. The quantitative estimate of drug-likeness (QED) is 0.887. The summed E-state index contributed by atoms with van der Waals surface area (Å²) in [4.78, 5) is 25.1. The molecule has 0 saturated heterocycles. The Bertz CT molecular complexity index is 679. The van der Waals surface area contributed by atoms with Gasteiger partial charge >= 0.3 is 0 Å². The monoisotopic (exact) mass is 252 g/mol. The molecule has 0 aromatic heterocycles. The van der Waals surface area contributed by atoms with Crippen LogP contribution in [0.25, 0.3) is 0 Å². The van der Waals surface area contributed by atoms with E-state index in [9.17, 15) is 9.59 Å². The first kappa shape index (κ1) is 11.5. The maximum Gasteiger partial charge on any atom is 0.258 e. The molecule has 2 aromatic rings. The molecule has 1 aliphatic rings. The minimum absolute atomic E-state index is 0.0442. The number of anilines is 1. The first-order valence-electron chi connectivity index (χ1n) is 5.96. The summed E-state index contributed by atoms with van der Waals surface area (Å²) in [7, 11) is 0. The number of fused-ring (bicyclic) bond motifs is 1. The van der Waals surface area contributed by atoms with Gasteiger partial charge in [0.05, 0.1) is 6.54 Å². The molecular formula is C15H12N2O2. The van der Waals surface area contributed by atoms with Crippen molar-refractivity contribution in [3.05, 3.63) is 65.2 Å². The molecule has 2 N–H and O–H groups in total. The van der Waals surface area contributed by atoms with Crippen molar-refractivity contribution < 1.29 is 9.59 Å². The van der Waals surface area contributed by atoms with E-state index in [0.717, 1.165) is 5.56 Å². The van der Waals surface area contributed by atoms with Crippen molar-refractivity contribution in [2.24, 2.45) is 5.73 Å². The molecule has 0 unspecified atom stereocenters. The Morgan fingerprint density at radius 2 is 1.89 bits per heavy atom. The molecule has 0 bridgehead atoms. The highest BCUT2D eigenvalue weighted by molar-refractivity contribution is 6.10. The van der Waals surface area contributed by atoms with Crippen molar-refractivity contribution in [3.63, 3.8) is 0 Å². The Kier molecular flexibility index (Phi) is 2.56. The van der Waals surface area contributed by atoms with Crippen LogP contribution in [0.5, 0.6) is 0 Å². The summed E-state index contributed by atoms with van der Waals surface area (Å²) in [6.45, 7) is 0.525. The minimum atomic E-state index is -0.494. The fourth-order valence-corrected chi connectivity index (χ4v) is 2.29. The fourth-order valence-electron chi connectivity index (χ4n) is 2.29. The van der Waals surface area contributed by atoms with Gasteiger partial charge < -0.3 is 10.6 Å². The molecule has 19 heavy (non-hydrogen) atoms. The van der Waals surface area contributed by atoms with Crippen molar-refractivity contribution in [2.45, 2.75) is 6.54 Å². The van der Waals surface area contributed by atoms with Gasteiger partial charge in [0.2, 0.25) is 5.91 Å². The number of benzene rings is 2. The molecule has 1 aliphatic heterocycles. The van der Waals surface area contributed by atoms with Gasteiger partial charge in [-0.2, -0.15) is 0 Å². The first-order chi connectivity index (χ1) is 9.16. The lowest BCUT2D eigenvalue weighted by atomic mass is 10.1. The molecule has 2 aromatic carbocycles. The molecular weight excluding hydrogens is 240 g/mol. The summed E-state index contributed by atoms with van der Waals surface area (Å²) < 4.78 is 0. The van der Waals surface area contributed by atoms with Crippen molar-refractivity contribution in [3.8, 4) is 0 Å². The Hall–Kier alpha value is -2.62. The maximum absolute atomic E-state index is 12.3. The molecule has 0 fully saturated rings. The van der Waals surface area contributed by atoms with Gasteiger partial charge in [-0.05, 0) is 29.8 Å². The average Bonchev–Trinajstić information content (AvgIpc) is 2.77. The third-order valence-corrected chi connectivity index (χ3v) is 3.26. The molecule has 0 radical (unpaired) electrons. The molecule has 1 heterocycles. The standard InChI is InChI=1S/C15H12N2O2/c16-14(18)10-5-3-6-12(8-10)17-9-11-4-1-2-7-13(11)15(17)19/h1-8H,9H2,(H2,16,18). The van der Waals surface area contributed by atoms with Crippen LogP contribution in [-0.4, -0.2) is 11.8 Å². The van der Waals surface area contributed by atoms with E-state index >= 15 is 0 Å². The Morgan fingerprint density at radius 3 is 2.63 bits per heavy atom. The van der Waals surface area contributed by atoms with Crippen molar-refractivity contribution >= 4 is 17.5 Å². The molecule has 94 valence electrons. The highest BCUT2D eigenvalue weighted by Crippen LogP contribution is 2.28. The normalized spacial score (nSPS) is 13.5. The average molecular weight is 252 g/mol. The molecule has 0 atom stereocenters. The van der Waals surface area contributed by atoms with Gasteiger partial charge in [-0.25, -0.2) is 0 Å². The van der Waals surface area contributed by atoms with Gasteiger partial charge in [0.1, 0.15) is 0 Å². The second-order valence-corrected chi connectivity index (χ2v) is 4.46. The minimum Gasteiger partial charge on any atom is -0.366 e. The lowest BCUT2D eigenvalue weighted by Crippen LogP contribution is -2.23. The number of hydrogen-bond donors (Lipinski definition) is 1. The maximum atomic E-state index is 12.3. The summed E-state index contributed by atoms with van der Waals surface area (Å²) in [6.07, 6.45) is 0. The number of amides is 2. The second-order valence-electron chi connectivity index (χ2n) is 4.46. The number of nitrogens with two attached hydrogens (primary N) is 1. The molecule has 4 heteroatoms. The summed E-state index contributed by atoms with van der Waals surface area (Å²) in [5, 5.41) is 0. The molecule has 0 saturated carbocycles. The van der Waals surface area contributed by atoms with Crippen LogP contribution < -0.4 is 10.6 Å². The van der Waals surface area contributed by atoms with Crippen LogP contribution in [0.15, 0.2) is 48.5 Å². The zero-order valence-corrected chi connectivity index (χ0v) is 10.2. The molecule has 2 amide bonds. The smallest absolute Gasteiger partial charge is 0.258 e. The molecule has 0 aliphatic carbocycles. The van der Waals surface area contributed by atoms with Gasteiger partial charge in [0, 0.05) is 16.8 Å². The van der Waals surface area contributed by atoms with Gasteiger partial charge in [0.15, 0.2) is 0 Å². The number of primary amides is 1. The molecule has 4 nitrogen and oxygen atoms in total. The van der Waals surface area contributed by atoms with E-state index in [1.165, 1.54) is 0 Å². The number of rotatable bonds is 2. The molecule has 0 spiro atoms. The number of nitrogens with zero attached hydrogens (tertiary/aromatic N) is 1. The van der Waals surface area contributed by atoms with E-state index in [-0.39, 0.29) is 5.91 Å². The van der Waals surface area contributed by atoms with Crippen LogP contribution in [0.2, 0.25) is 0 Å². The lowest BCUT2D eigenvalue weighted by Gasteiger charge is -2.16. The summed E-state index contributed by atoms with van der Waals surface area (Å²) >= 11 is 0. The van der Waals surface area contributed by atoms with E-state index in [2.05, 4.69) is 0 Å². The lowest BCUT2D eigenvalue weighted by molar-refractivity contribution is 0.0987. The van der Waals surface area contributed by atoms with Gasteiger partial charge in [0.25, 0.3) is 5.91 Å². The third-order valence-electron chi connectivity index (χ3n) is 3.26. The third kappa shape index (κ3) is 1.87. The van der Waals surface area contributed by atoms with Crippen molar-refractivity contribution in [1.29, 1.82) is 0 Å². The van der Waals surface area contributed by atoms with Crippen molar-refractivity contribution in [2.75, 3.05) is 4.90 Å². The van der Waals surface area contributed by atoms with Crippen LogP contribution in [0.4, 0.5) is 5.69 Å².